The van der Waals surface area contributed by atoms with E-state index in [9.17, 15) is 17.6 Å². The van der Waals surface area contributed by atoms with Crippen LogP contribution in [0.3, 0.4) is 0 Å². The van der Waals surface area contributed by atoms with Crippen LogP contribution in [-0.2, 0) is 19.1 Å². The number of rotatable bonds is 5. The number of H-pyrrole nitrogens is 1. The van der Waals surface area contributed by atoms with Crippen LogP contribution >= 0.6 is 0 Å². The van der Waals surface area contributed by atoms with Gasteiger partial charge in [0.2, 0.25) is 0 Å². The quantitative estimate of drug-likeness (QED) is 0.510. The highest BCUT2D eigenvalue weighted by Crippen LogP contribution is 2.34. The fourth-order valence-electron chi connectivity index (χ4n) is 2.87. The van der Waals surface area contributed by atoms with Crippen molar-refractivity contribution in [3.63, 3.8) is 0 Å². The van der Waals surface area contributed by atoms with Crippen molar-refractivity contribution in [2.24, 2.45) is 0 Å². The summed E-state index contributed by atoms with van der Waals surface area (Å²) in [5, 5.41) is 8.85. The molecular formula is C19H14F4N6. The Hall–Kier alpha value is -3.56. The smallest absolute Gasteiger partial charge is 0.336 e. The zero-order valence-electron chi connectivity index (χ0n) is 14.9. The average Bonchev–Trinajstić information content (AvgIpc) is 3.37. The van der Waals surface area contributed by atoms with E-state index in [1.165, 1.54) is 30.5 Å². The number of aryl methyl sites for hydroxylation is 2. The molecule has 4 rings (SSSR count). The molecule has 0 amide bonds. The number of imidazole rings is 1. The zero-order valence-corrected chi connectivity index (χ0v) is 14.9. The third kappa shape index (κ3) is 4.15. The van der Waals surface area contributed by atoms with Crippen molar-refractivity contribution in [1.29, 1.82) is 0 Å². The van der Waals surface area contributed by atoms with Crippen LogP contribution < -0.4 is 0 Å². The van der Waals surface area contributed by atoms with Gasteiger partial charge in [0.05, 0.1) is 12.0 Å². The van der Waals surface area contributed by atoms with E-state index in [4.69, 9.17) is 0 Å². The Morgan fingerprint density at radius 3 is 2.52 bits per heavy atom. The molecule has 3 heterocycles. The van der Waals surface area contributed by atoms with Crippen LogP contribution in [0.4, 0.5) is 17.6 Å². The molecule has 0 saturated carbocycles. The van der Waals surface area contributed by atoms with Crippen molar-refractivity contribution in [3.8, 4) is 22.6 Å². The van der Waals surface area contributed by atoms with Crippen LogP contribution in [0.1, 0.15) is 11.3 Å². The molecule has 0 bridgehead atoms. The maximum atomic E-state index is 13.1. The average molecular weight is 402 g/mol. The Morgan fingerprint density at radius 1 is 0.966 bits per heavy atom. The fraction of sp³-hybridized carbons (Fsp3) is 0.158. The fourth-order valence-corrected chi connectivity index (χ4v) is 2.87. The first-order valence-electron chi connectivity index (χ1n) is 8.61. The van der Waals surface area contributed by atoms with Crippen molar-refractivity contribution < 1.29 is 17.6 Å². The number of aromatic nitrogens is 6. The van der Waals surface area contributed by atoms with E-state index in [0.29, 0.717) is 24.4 Å². The second-order valence-corrected chi connectivity index (χ2v) is 6.32. The topological polar surface area (TPSA) is 72.3 Å². The molecule has 0 spiro atoms. The molecule has 0 radical (unpaired) electrons. The molecule has 0 atom stereocenters. The van der Waals surface area contributed by atoms with Crippen LogP contribution in [-0.4, -0.2) is 29.9 Å². The van der Waals surface area contributed by atoms with E-state index in [-0.39, 0.29) is 17.1 Å². The molecule has 0 unspecified atom stereocenters. The van der Waals surface area contributed by atoms with Crippen LogP contribution in [0.2, 0.25) is 0 Å². The molecule has 6 nitrogen and oxygen atoms in total. The van der Waals surface area contributed by atoms with Gasteiger partial charge in [0.25, 0.3) is 0 Å². The largest absolute Gasteiger partial charge is 0.437 e. The number of benzene rings is 1. The standard InChI is InChI=1S/C19H14F4N6/c20-14-3-1-12(2-4-14)6-8-29-10-16(25-11-29)15-9-13(5-7-24-15)17-18(19(21,22)23)27-28-26-17/h1-5,7,9-11H,6,8H2,(H,26,27,28). The minimum absolute atomic E-state index is 0.233. The highest BCUT2D eigenvalue weighted by atomic mass is 19.4. The number of halogens is 4. The molecule has 1 N–H and O–H groups in total. The summed E-state index contributed by atoms with van der Waals surface area (Å²) >= 11 is 0. The van der Waals surface area contributed by atoms with Gasteiger partial charge in [0, 0.05) is 24.5 Å². The molecule has 0 aliphatic carbocycles. The number of pyridine rings is 1. The first-order chi connectivity index (χ1) is 13.9. The minimum atomic E-state index is -4.62. The van der Waals surface area contributed by atoms with Gasteiger partial charge in [0.1, 0.15) is 17.2 Å². The molecule has 0 fully saturated rings. The van der Waals surface area contributed by atoms with E-state index in [0.717, 1.165) is 5.56 Å². The number of hydrogen-bond donors (Lipinski definition) is 1. The maximum absolute atomic E-state index is 13.1. The van der Waals surface area contributed by atoms with Crippen LogP contribution in [0.15, 0.2) is 55.1 Å². The van der Waals surface area contributed by atoms with Gasteiger partial charge in [0.15, 0.2) is 5.69 Å². The van der Waals surface area contributed by atoms with Crippen molar-refractivity contribution in [3.05, 3.63) is 72.2 Å². The second kappa shape index (κ2) is 7.46. The predicted octanol–water partition coefficient (Wildman–Crippen LogP) is 4.13. The van der Waals surface area contributed by atoms with Crippen LogP contribution in [0.25, 0.3) is 22.6 Å². The first kappa shape index (κ1) is 18.8. The van der Waals surface area contributed by atoms with Gasteiger partial charge in [-0.15, -0.1) is 0 Å². The number of alkyl halides is 3. The summed E-state index contributed by atoms with van der Waals surface area (Å²) < 4.78 is 54.0. The van der Waals surface area contributed by atoms with Gasteiger partial charge in [-0.05, 0) is 36.2 Å². The van der Waals surface area contributed by atoms with E-state index in [1.54, 1.807) is 24.7 Å². The Kier molecular flexibility index (Phi) is 4.83. The second-order valence-electron chi connectivity index (χ2n) is 6.32. The number of nitrogens with one attached hydrogen (secondary N) is 1. The normalized spacial score (nSPS) is 11.7. The monoisotopic (exact) mass is 402 g/mol. The lowest BCUT2D eigenvalue weighted by atomic mass is 10.1. The highest BCUT2D eigenvalue weighted by molar-refractivity contribution is 5.67. The number of aromatic amines is 1. The van der Waals surface area contributed by atoms with Gasteiger partial charge in [-0.3, -0.25) is 4.98 Å². The zero-order chi connectivity index (χ0) is 20.4. The number of nitrogens with zero attached hydrogens (tertiary/aromatic N) is 5. The van der Waals surface area contributed by atoms with Gasteiger partial charge >= 0.3 is 6.18 Å². The molecular weight excluding hydrogens is 388 g/mol. The molecule has 148 valence electrons. The summed E-state index contributed by atoms with van der Waals surface area (Å²) in [6, 6.07) is 9.16. The molecule has 0 saturated heterocycles. The summed E-state index contributed by atoms with van der Waals surface area (Å²) in [6.07, 6.45) is 0.829. The number of hydrogen-bond acceptors (Lipinski definition) is 4. The van der Waals surface area contributed by atoms with E-state index >= 15 is 0 Å². The molecule has 3 aromatic heterocycles. The van der Waals surface area contributed by atoms with Gasteiger partial charge in [-0.1, -0.05) is 12.1 Å². The molecule has 0 aliphatic heterocycles. The summed E-state index contributed by atoms with van der Waals surface area (Å²) in [4.78, 5) is 8.48. The van der Waals surface area contributed by atoms with Crippen molar-refractivity contribution in [1.82, 2.24) is 29.9 Å². The van der Waals surface area contributed by atoms with Crippen molar-refractivity contribution in [2.45, 2.75) is 19.1 Å². The SMILES string of the molecule is Fc1ccc(CCn2cnc(-c3cc(-c4n[nH]nc4C(F)(F)F)ccn3)c2)cc1. The summed E-state index contributed by atoms with van der Waals surface area (Å²) in [6.45, 7) is 0.611. The molecule has 29 heavy (non-hydrogen) atoms. The van der Waals surface area contributed by atoms with E-state index < -0.39 is 11.9 Å². The summed E-state index contributed by atoms with van der Waals surface area (Å²) in [5.74, 6) is -0.287. The maximum Gasteiger partial charge on any atom is 0.437 e. The molecule has 4 aromatic rings. The van der Waals surface area contributed by atoms with Crippen molar-refractivity contribution >= 4 is 0 Å². The first-order valence-corrected chi connectivity index (χ1v) is 8.61. The Bertz CT molecular complexity index is 1110. The minimum Gasteiger partial charge on any atom is -0.336 e. The van der Waals surface area contributed by atoms with Gasteiger partial charge < -0.3 is 4.57 Å². The predicted molar refractivity (Wildman–Crippen MR) is 95.9 cm³/mol. The molecule has 10 heteroatoms. The lowest BCUT2D eigenvalue weighted by molar-refractivity contribution is -0.140. The summed E-state index contributed by atoms with van der Waals surface area (Å²) in [7, 11) is 0. The lowest BCUT2D eigenvalue weighted by Gasteiger charge is -2.05. The summed E-state index contributed by atoms with van der Waals surface area (Å²) in [5.41, 5.74) is 0.767. The van der Waals surface area contributed by atoms with E-state index in [1.807, 2.05) is 9.78 Å². The van der Waals surface area contributed by atoms with Crippen LogP contribution in [0, 0.1) is 5.82 Å². The van der Waals surface area contributed by atoms with Gasteiger partial charge in [-0.2, -0.15) is 28.6 Å². The highest BCUT2D eigenvalue weighted by Gasteiger charge is 2.38. The Balaban J connectivity index is 1.54. The van der Waals surface area contributed by atoms with E-state index in [2.05, 4.69) is 20.2 Å². The van der Waals surface area contributed by atoms with Crippen LogP contribution in [0.5, 0.6) is 0 Å². The van der Waals surface area contributed by atoms with Gasteiger partial charge in [-0.25, -0.2) is 9.37 Å². The Morgan fingerprint density at radius 2 is 1.76 bits per heavy atom. The third-order valence-corrected chi connectivity index (χ3v) is 4.32. The van der Waals surface area contributed by atoms with Crippen molar-refractivity contribution in [2.75, 3.05) is 0 Å². The lowest BCUT2D eigenvalue weighted by Crippen LogP contribution is -2.07. The Labute approximate surface area is 162 Å². The molecule has 1 aromatic carbocycles. The molecule has 0 aliphatic rings. The third-order valence-electron chi connectivity index (χ3n) is 4.32.